The van der Waals surface area contributed by atoms with E-state index in [-0.39, 0.29) is 5.91 Å². The zero-order valence-corrected chi connectivity index (χ0v) is 10.7. The Morgan fingerprint density at radius 1 is 1.28 bits per heavy atom. The summed E-state index contributed by atoms with van der Waals surface area (Å²) >= 11 is 1.46. The fraction of sp³-hybridized carbons (Fsp3) is 0.0714. The van der Waals surface area contributed by atoms with Crippen molar-refractivity contribution in [2.45, 2.75) is 6.92 Å². The maximum Gasteiger partial charge on any atom is 0.265 e. The Kier molecular flexibility index (Phi) is 2.64. The Morgan fingerprint density at radius 3 is 2.94 bits per heavy atom. The molecule has 0 radical (unpaired) electrons. The molecule has 0 atom stereocenters. The molecule has 3 nitrogen and oxygen atoms in total. The number of carbonyl (C=O) groups excluding carboxylic acids is 1. The molecular formula is C14H12N2OS. The molecule has 3 aromatic rings. The van der Waals surface area contributed by atoms with Crippen LogP contribution in [-0.2, 0) is 0 Å². The van der Waals surface area contributed by atoms with Crippen LogP contribution in [0.4, 0.5) is 5.69 Å². The van der Waals surface area contributed by atoms with E-state index in [1.165, 1.54) is 11.3 Å². The molecule has 18 heavy (non-hydrogen) atoms. The largest absolute Gasteiger partial charge is 0.361 e. The minimum Gasteiger partial charge on any atom is -0.361 e. The van der Waals surface area contributed by atoms with Crippen LogP contribution in [0.5, 0.6) is 0 Å². The molecule has 0 aliphatic heterocycles. The topological polar surface area (TPSA) is 44.9 Å². The van der Waals surface area contributed by atoms with Crippen molar-refractivity contribution in [1.82, 2.24) is 4.98 Å². The molecule has 1 amide bonds. The number of anilines is 1. The first-order valence-electron chi connectivity index (χ1n) is 5.66. The van der Waals surface area contributed by atoms with Crippen molar-refractivity contribution in [2.75, 3.05) is 5.32 Å². The number of rotatable bonds is 2. The van der Waals surface area contributed by atoms with Crippen molar-refractivity contribution >= 4 is 33.8 Å². The minimum atomic E-state index is -0.0441. The molecule has 0 bridgehead atoms. The number of H-pyrrole nitrogens is 1. The summed E-state index contributed by atoms with van der Waals surface area (Å²) in [6.07, 6.45) is 1.89. The summed E-state index contributed by atoms with van der Waals surface area (Å²) in [7, 11) is 0. The third-order valence-corrected chi connectivity index (χ3v) is 3.89. The highest BCUT2D eigenvalue weighted by atomic mass is 32.1. The second kappa shape index (κ2) is 4.31. The lowest BCUT2D eigenvalue weighted by molar-refractivity contribution is 0.103. The van der Waals surface area contributed by atoms with Crippen molar-refractivity contribution in [2.24, 2.45) is 0 Å². The van der Waals surface area contributed by atoms with E-state index < -0.39 is 0 Å². The highest BCUT2D eigenvalue weighted by Gasteiger charge is 2.10. The Hall–Kier alpha value is -2.07. The average molecular weight is 256 g/mol. The Labute approximate surface area is 108 Å². The number of nitrogens with one attached hydrogen (secondary N) is 2. The summed E-state index contributed by atoms with van der Waals surface area (Å²) < 4.78 is 0. The van der Waals surface area contributed by atoms with E-state index in [4.69, 9.17) is 0 Å². The number of aromatic nitrogens is 1. The fourth-order valence-electron chi connectivity index (χ4n) is 1.92. The van der Waals surface area contributed by atoms with Crippen LogP contribution in [0.1, 0.15) is 15.2 Å². The van der Waals surface area contributed by atoms with Crippen molar-refractivity contribution in [3.63, 3.8) is 0 Å². The molecule has 0 aliphatic rings. The molecule has 90 valence electrons. The van der Waals surface area contributed by atoms with Crippen LogP contribution in [0.3, 0.4) is 0 Å². The van der Waals surface area contributed by atoms with Gasteiger partial charge in [-0.3, -0.25) is 4.79 Å². The number of hydrogen-bond donors (Lipinski definition) is 2. The van der Waals surface area contributed by atoms with Gasteiger partial charge in [-0.05, 0) is 48.2 Å². The van der Waals surface area contributed by atoms with Gasteiger partial charge in [-0.25, -0.2) is 0 Å². The zero-order chi connectivity index (χ0) is 12.5. The highest BCUT2D eigenvalue weighted by molar-refractivity contribution is 7.12. The zero-order valence-electron chi connectivity index (χ0n) is 9.86. The number of amides is 1. The number of thiophene rings is 1. The molecule has 2 aromatic heterocycles. The molecule has 2 N–H and O–H groups in total. The van der Waals surface area contributed by atoms with E-state index in [9.17, 15) is 4.79 Å². The van der Waals surface area contributed by atoms with Crippen LogP contribution in [0, 0.1) is 6.92 Å². The third kappa shape index (κ3) is 1.91. The molecule has 0 fully saturated rings. The lowest BCUT2D eigenvalue weighted by atomic mass is 10.2. The first kappa shape index (κ1) is 11.0. The van der Waals surface area contributed by atoms with E-state index >= 15 is 0 Å². The molecule has 2 heterocycles. The summed E-state index contributed by atoms with van der Waals surface area (Å²) in [5.74, 6) is -0.0441. The average Bonchev–Trinajstić information content (AvgIpc) is 2.96. The van der Waals surface area contributed by atoms with Gasteiger partial charge in [0.1, 0.15) is 0 Å². The van der Waals surface area contributed by atoms with Gasteiger partial charge in [0.25, 0.3) is 5.91 Å². The maximum absolute atomic E-state index is 12.1. The van der Waals surface area contributed by atoms with E-state index in [1.807, 2.05) is 48.8 Å². The third-order valence-electron chi connectivity index (χ3n) is 2.88. The molecular weight excluding hydrogens is 244 g/mol. The number of benzene rings is 1. The summed E-state index contributed by atoms with van der Waals surface area (Å²) in [6.45, 7) is 1.95. The maximum atomic E-state index is 12.1. The molecule has 0 unspecified atom stereocenters. The normalized spacial score (nSPS) is 10.7. The standard InChI is InChI=1S/C14H12N2OS/c1-9-5-7-18-13(9)14(17)16-11-2-3-12-10(8-11)4-6-15-12/h2-8,15H,1H3,(H,16,17). The minimum absolute atomic E-state index is 0.0441. The van der Waals surface area contributed by atoms with Crippen LogP contribution < -0.4 is 5.32 Å². The lowest BCUT2D eigenvalue weighted by Crippen LogP contribution is -2.11. The Balaban J connectivity index is 1.88. The van der Waals surface area contributed by atoms with Gasteiger partial charge in [-0.2, -0.15) is 0 Å². The molecule has 3 rings (SSSR count). The summed E-state index contributed by atoms with van der Waals surface area (Å²) in [5.41, 5.74) is 2.90. The number of fused-ring (bicyclic) bond motifs is 1. The van der Waals surface area contributed by atoms with Crippen LogP contribution in [0.2, 0.25) is 0 Å². The summed E-state index contributed by atoms with van der Waals surface area (Å²) in [6, 6.07) is 9.77. The van der Waals surface area contributed by atoms with Crippen LogP contribution >= 0.6 is 11.3 Å². The Morgan fingerprint density at radius 2 is 2.17 bits per heavy atom. The monoisotopic (exact) mass is 256 g/mol. The van der Waals surface area contributed by atoms with E-state index in [2.05, 4.69) is 10.3 Å². The smallest absolute Gasteiger partial charge is 0.265 e. The predicted octanol–water partition coefficient (Wildman–Crippen LogP) is 3.79. The summed E-state index contributed by atoms with van der Waals surface area (Å²) in [4.78, 5) is 16.0. The Bertz CT molecular complexity index is 711. The van der Waals surface area contributed by atoms with Gasteiger partial charge < -0.3 is 10.3 Å². The number of hydrogen-bond acceptors (Lipinski definition) is 2. The van der Waals surface area contributed by atoms with E-state index in [0.29, 0.717) is 0 Å². The van der Waals surface area contributed by atoms with Crippen LogP contribution in [0.15, 0.2) is 41.9 Å². The molecule has 0 spiro atoms. The van der Waals surface area contributed by atoms with Crippen molar-refractivity contribution < 1.29 is 4.79 Å². The van der Waals surface area contributed by atoms with Crippen molar-refractivity contribution in [3.05, 3.63) is 52.3 Å². The SMILES string of the molecule is Cc1ccsc1C(=O)Nc1ccc2[nH]ccc2c1. The summed E-state index contributed by atoms with van der Waals surface area (Å²) in [5, 5.41) is 5.95. The predicted molar refractivity (Wildman–Crippen MR) is 75.3 cm³/mol. The van der Waals surface area contributed by atoms with Gasteiger partial charge in [-0.1, -0.05) is 0 Å². The van der Waals surface area contributed by atoms with Gasteiger partial charge in [-0.15, -0.1) is 11.3 Å². The van der Waals surface area contributed by atoms with Gasteiger partial charge >= 0.3 is 0 Å². The lowest BCUT2D eigenvalue weighted by Gasteiger charge is -2.04. The van der Waals surface area contributed by atoms with Gasteiger partial charge in [0.15, 0.2) is 0 Å². The first-order chi connectivity index (χ1) is 8.74. The van der Waals surface area contributed by atoms with Crippen LogP contribution in [0.25, 0.3) is 10.9 Å². The number of aryl methyl sites for hydroxylation is 1. The fourth-order valence-corrected chi connectivity index (χ4v) is 2.74. The quantitative estimate of drug-likeness (QED) is 0.720. The van der Waals surface area contributed by atoms with Crippen molar-refractivity contribution in [3.8, 4) is 0 Å². The molecule has 0 saturated carbocycles. The number of aromatic amines is 1. The molecule has 4 heteroatoms. The van der Waals surface area contributed by atoms with Crippen molar-refractivity contribution in [1.29, 1.82) is 0 Å². The highest BCUT2D eigenvalue weighted by Crippen LogP contribution is 2.21. The molecule has 1 aromatic carbocycles. The van der Waals surface area contributed by atoms with Gasteiger partial charge in [0.2, 0.25) is 0 Å². The number of carbonyl (C=O) groups is 1. The van der Waals surface area contributed by atoms with Gasteiger partial charge in [0.05, 0.1) is 4.88 Å². The first-order valence-corrected chi connectivity index (χ1v) is 6.54. The van der Waals surface area contributed by atoms with E-state index in [0.717, 1.165) is 27.0 Å². The second-order valence-electron chi connectivity index (χ2n) is 4.17. The molecule has 0 saturated heterocycles. The molecule has 0 aliphatic carbocycles. The van der Waals surface area contributed by atoms with Crippen LogP contribution in [-0.4, -0.2) is 10.9 Å². The van der Waals surface area contributed by atoms with E-state index in [1.54, 1.807) is 0 Å². The second-order valence-corrected chi connectivity index (χ2v) is 5.08. The van der Waals surface area contributed by atoms with Gasteiger partial charge in [0, 0.05) is 22.8 Å².